The Labute approximate surface area is 146 Å². The van der Waals surface area contributed by atoms with Gasteiger partial charge in [0.25, 0.3) is 0 Å². The molecule has 0 saturated carbocycles. The molecular weight excluding hydrogens is 330 g/mol. The van der Waals surface area contributed by atoms with Gasteiger partial charge in [-0.1, -0.05) is 11.6 Å². The van der Waals surface area contributed by atoms with E-state index in [4.69, 9.17) is 21.5 Å². The van der Waals surface area contributed by atoms with Crippen molar-refractivity contribution in [2.24, 2.45) is 11.8 Å². The predicted molar refractivity (Wildman–Crippen MR) is 89.4 cm³/mol. The molecule has 1 aromatic rings. The first kappa shape index (κ1) is 17.4. The SMILES string of the molecule is O=C(CC1CCOCC1)c1cc2c(cc1Cl)CC(C(=O)NO)CC2. The molecule has 1 saturated heterocycles. The highest BCUT2D eigenvalue weighted by molar-refractivity contribution is 6.34. The largest absolute Gasteiger partial charge is 0.381 e. The number of hydrogen-bond donors (Lipinski definition) is 2. The molecule has 3 rings (SSSR count). The van der Waals surface area contributed by atoms with E-state index in [1.165, 1.54) is 0 Å². The Bertz CT molecular complexity index is 640. The fraction of sp³-hybridized carbons (Fsp3) is 0.556. The fourth-order valence-electron chi connectivity index (χ4n) is 3.63. The van der Waals surface area contributed by atoms with Crippen LogP contribution in [0.15, 0.2) is 12.1 Å². The summed E-state index contributed by atoms with van der Waals surface area (Å²) in [6.07, 6.45) is 4.27. The summed E-state index contributed by atoms with van der Waals surface area (Å²) < 4.78 is 5.34. The maximum absolute atomic E-state index is 12.6. The molecule has 1 atom stereocenters. The smallest absolute Gasteiger partial charge is 0.246 e. The molecule has 0 aromatic heterocycles. The van der Waals surface area contributed by atoms with E-state index < -0.39 is 0 Å². The molecule has 1 aromatic carbocycles. The van der Waals surface area contributed by atoms with Gasteiger partial charge in [0.05, 0.1) is 5.02 Å². The molecule has 2 aliphatic rings. The lowest BCUT2D eigenvalue weighted by atomic mass is 9.82. The maximum Gasteiger partial charge on any atom is 0.246 e. The van der Waals surface area contributed by atoms with Crippen LogP contribution in [0.3, 0.4) is 0 Å². The average molecular weight is 352 g/mol. The van der Waals surface area contributed by atoms with Gasteiger partial charge in [0, 0.05) is 31.1 Å². The number of aryl methyl sites for hydroxylation is 1. The first-order valence-corrected chi connectivity index (χ1v) is 8.82. The lowest BCUT2D eigenvalue weighted by Crippen LogP contribution is -2.32. The summed E-state index contributed by atoms with van der Waals surface area (Å²) in [6, 6.07) is 3.71. The van der Waals surface area contributed by atoms with Crippen molar-refractivity contribution in [3.05, 3.63) is 33.8 Å². The van der Waals surface area contributed by atoms with E-state index >= 15 is 0 Å². The molecule has 1 heterocycles. The number of carbonyl (C=O) groups excluding carboxylic acids is 2. The van der Waals surface area contributed by atoms with E-state index in [0.717, 1.165) is 37.2 Å². The summed E-state index contributed by atoms with van der Waals surface area (Å²) in [5.41, 5.74) is 4.38. The normalized spacial score (nSPS) is 21.2. The molecular formula is C18H22ClNO4. The highest BCUT2D eigenvalue weighted by Crippen LogP contribution is 2.32. The summed E-state index contributed by atoms with van der Waals surface area (Å²) >= 11 is 6.34. The second-order valence-corrected chi connectivity index (χ2v) is 7.11. The lowest BCUT2D eigenvalue weighted by Gasteiger charge is -2.25. The quantitative estimate of drug-likeness (QED) is 0.497. The summed E-state index contributed by atoms with van der Waals surface area (Å²) in [4.78, 5) is 24.2. The van der Waals surface area contributed by atoms with Crippen molar-refractivity contribution in [1.82, 2.24) is 5.48 Å². The highest BCUT2D eigenvalue weighted by atomic mass is 35.5. The van der Waals surface area contributed by atoms with Gasteiger partial charge in [-0.25, -0.2) is 5.48 Å². The van der Waals surface area contributed by atoms with E-state index in [9.17, 15) is 9.59 Å². The zero-order valence-corrected chi connectivity index (χ0v) is 14.3. The van der Waals surface area contributed by atoms with Crippen LogP contribution in [-0.4, -0.2) is 30.1 Å². The summed E-state index contributed by atoms with van der Waals surface area (Å²) in [5, 5.41) is 9.24. The molecule has 1 aliphatic heterocycles. The molecule has 5 nitrogen and oxygen atoms in total. The maximum atomic E-state index is 12.6. The number of nitrogens with one attached hydrogen (secondary N) is 1. The van der Waals surface area contributed by atoms with Gasteiger partial charge in [0.2, 0.25) is 5.91 Å². The van der Waals surface area contributed by atoms with Gasteiger partial charge < -0.3 is 4.74 Å². The molecule has 0 bridgehead atoms. The number of rotatable bonds is 4. The number of fused-ring (bicyclic) bond motifs is 1. The first-order chi connectivity index (χ1) is 11.6. The van der Waals surface area contributed by atoms with Gasteiger partial charge in [-0.15, -0.1) is 0 Å². The standard InChI is InChI=1S/C18H22ClNO4/c19-16-10-14-8-13(18(22)20-23)2-1-12(14)9-15(16)17(21)7-11-3-5-24-6-4-11/h9-11,13,23H,1-8H2,(H,20,22). The second kappa shape index (κ2) is 7.64. The van der Waals surface area contributed by atoms with Crippen molar-refractivity contribution in [3.8, 4) is 0 Å². The van der Waals surface area contributed by atoms with Crippen LogP contribution >= 0.6 is 11.6 Å². The predicted octanol–water partition coefficient (Wildman–Crippen LogP) is 2.95. The van der Waals surface area contributed by atoms with Crippen molar-refractivity contribution in [2.45, 2.75) is 38.5 Å². The molecule has 2 N–H and O–H groups in total. The molecule has 1 unspecified atom stereocenters. The number of hydroxylamine groups is 1. The third-order valence-corrected chi connectivity index (χ3v) is 5.43. The van der Waals surface area contributed by atoms with E-state index in [1.807, 2.05) is 12.1 Å². The molecule has 0 spiro atoms. The number of ketones is 1. The number of Topliss-reactive ketones (excluding diaryl/α,β-unsaturated/α-hetero) is 1. The minimum absolute atomic E-state index is 0.0879. The van der Waals surface area contributed by atoms with Crippen LogP contribution in [0.5, 0.6) is 0 Å². The van der Waals surface area contributed by atoms with Crippen molar-refractivity contribution < 1.29 is 19.5 Å². The van der Waals surface area contributed by atoms with Crippen LogP contribution in [0.1, 0.15) is 47.2 Å². The zero-order valence-electron chi connectivity index (χ0n) is 13.5. The molecule has 0 radical (unpaired) electrons. The minimum Gasteiger partial charge on any atom is -0.381 e. The Hall–Kier alpha value is -1.43. The number of benzene rings is 1. The molecule has 1 amide bonds. The number of halogens is 1. The summed E-state index contributed by atoms with van der Waals surface area (Å²) in [5.74, 6) is -0.153. The van der Waals surface area contributed by atoms with Crippen LogP contribution in [-0.2, 0) is 22.4 Å². The van der Waals surface area contributed by atoms with E-state index in [-0.39, 0.29) is 17.6 Å². The molecule has 24 heavy (non-hydrogen) atoms. The van der Waals surface area contributed by atoms with Gasteiger partial charge in [0.1, 0.15) is 0 Å². The monoisotopic (exact) mass is 351 g/mol. The Kier molecular flexibility index (Phi) is 5.54. The topological polar surface area (TPSA) is 75.6 Å². The number of hydrogen-bond acceptors (Lipinski definition) is 4. The third-order valence-electron chi connectivity index (χ3n) is 5.11. The fourth-order valence-corrected chi connectivity index (χ4v) is 3.92. The van der Waals surface area contributed by atoms with E-state index in [1.54, 1.807) is 5.48 Å². The van der Waals surface area contributed by atoms with Crippen LogP contribution in [0.2, 0.25) is 5.02 Å². The van der Waals surface area contributed by atoms with Gasteiger partial charge in [-0.05, 0) is 61.3 Å². The van der Waals surface area contributed by atoms with E-state index in [2.05, 4.69) is 0 Å². The molecule has 1 fully saturated rings. The minimum atomic E-state index is -0.364. The number of ether oxygens (including phenoxy) is 1. The van der Waals surface area contributed by atoms with Crippen molar-refractivity contribution in [1.29, 1.82) is 0 Å². The second-order valence-electron chi connectivity index (χ2n) is 6.70. The number of amides is 1. The zero-order chi connectivity index (χ0) is 17.1. The van der Waals surface area contributed by atoms with Crippen molar-refractivity contribution in [2.75, 3.05) is 13.2 Å². The first-order valence-electron chi connectivity index (χ1n) is 8.44. The molecule has 130 valence electrons. The van der Waals surface area contributed by atoms with Crippen LogP contribution in [0, 0.1) is 11.8 Å². The Balaban J connectivity index is 1.74. The van der Waals surface area contributed by atoms with Crippen molar-refractivity contribution >= 4 is 23.3 Å². The van der Waals surface area contributed by atoms with Gasteiger partial charge >= 0.3 is 0 Å². The average Bonchev–Trinajstić information content (AvgIpc) is 2.60. The number of carbonyl (C=O) groups is 2. The Morgan fingerprint density at radius 1 is 1.21 bits per heavy atom. The summed E-state index contributed by atoms with van der Waals surface area (Å²) in [6.45, 7) is 1.45. The van der Waals surface area contributed by atoms with Crippen LogP contribution in [0.4, 0.5) is 0 Å². The highest BCUT2D eigenvalue weighted by Gasteiger charge is 2.27. The van der Waals surface area contributed by atoms with Crippen molar-refractivity contribution in [3.63, 3.8) is 0 Å². The van der Waals surface area contributed by atoms with Gasteiger partial charge in [-0.2, -0.15) is 0 Å². The van der Waals surface area contributed by atoms with E-state index in [0.29, 0.717) is 42.2 Å². The van der Waals surface area contributed by atoms with Gasteiger partial charge in [-0.3, -0.25) is 14.8 Å². The molecule has 1 aliphatic carbocycles. The Morgan fingerprint density at radius 3 is 2.67 bits per heavy atom. The third kappa shape index (κ3) is 3.79. The van der Waals surface area contributed by atoms with Crippen LogP contribution < -0.4 is 5.48 Å². The summed E-state index contributed by atoms with van der Waals surface area (Å²) in [7, 11) is 0. The Morgan fingerprint density at radius 2 is 1.96 bits per heavy atom. The van der Waals surface area contributed by atoms with Crippen LogP contribution in [0.25, 0.3) is 0 Å². The van der Waals surface area contributed by atoms with Gasteiger partial charge in [0.15, 0.2) is 5.78 Å². The molecule has 6 heteroatoms. The lowest BCUT2D eigenvalue weighted by molar-refractivity contribution is -0.133.